The van der Waals surface area contributed by atoms with E-state index in [1.807, 2.05) is 6.92 Å². The number of amides is 2. The summed E-state index contributed by atoms with van der Waals surface area (Å²) in [6.07, 6.45) is 5.82. The summed E-state index contributed by atoms with van der Waals surface area (Å²) < 4.78 is 0. The highest BCUT2D eigenvalue weighted by molar-refractivity contribution is 5.83. The van der Waals surface area contributed by atoms with Crippen LogP contribution in [0.25, 0.3) is 0 Å². The van der Waals surface area contributed by atoms with Gasteiger partial charge in [0.15, 0.2) is 0 Å². The summed E-state index contributed by atoms with van der Waals surface area (Å²) in [6, 6.07) is -1.04. The standard InChI is InChI=1S/C11H16N2O3/c1-4-6-12(3)11(16)13-7-5-8(2)9(13)10(14)15/h1,8-9H,5-7H2,2-3H3,(H,14,15). The summed E-state index contributed by atoms with van der Waals surface area (Å²) >= 11 is 0. The van der Waals surface area contributed by atoms with E-state index in [-0.39, 0.29) is 18.5 Å². The van der Waals surface area contributed by atoms with Gasteiger partial charge in [-0.1, -0.05) is 12.8 Å². The number of rotatable bonds is 2. The third-order valence-corrected chi connectivity index (χ3v) is 2.85. The lowest BCUT2D eigenvalue weighted by atomic mass is 10.0. The third-order valence-electron chi connectivity index (χ3n) is 2.85. The van der Waals surface area contributed by atoms with Gasteiger partial charge >= 0.3 is 12.0 Å². The molecule has 88 valence electrons. The van der Waals surface area contributed by atoms with Crippen molar-refractivity contribution < 1.29 is 14.7 Å². The van der Waals surface area contributed by atoms with Gasteiger partial charge in [-0.3, -0.25) is 0 Å². The molecular weight excluding hydrogens is 208 g/mol. The predicted molar refractivity (Wildman–Crippen MR) is 58.8 cm³/mol. The highest BCUT2D eigenvalue weighted by Gasteiger charge is 2.40. The fourth-order valence-electron chi connectivity index (χ4n) is 1.96. The molecule has 1 heterocycles. The Morgan fingerprint density at radius 2 is 2.25 bits per heavy atom. The van der Waals surface area contributed by atoms with Crippen LogP contribution in [0.4, 0.5) is 4.79 Å². The quantitative estimate of drug-likeness (QED) is 0.693. The molecule has 0 aliphatic carbocycles. The van der Waals surface area contributed by atoms with Gasteiger partial charge in [-0.05, 0) is 12.3 Å². The van der Waals surface area contributed by atoms with E-state index in [0.717, 1.165) is 0 Å². The zero-order valence-corrected chi connectivity index (χ0v) is 9.51. The monoisotopic (exact) mass is 224 g/mol. The van der Waals surface area contributed by atoms with Gasteiger partial charge in [0.25, 0.3) is 0 Å². The molecule has 0 radical (unpaired) electrons. The number of hydrogen-bond donors (Lipinski definition) is 1. The zero-order chi connectivity index (χ0) is 12.3. The Bertz CT molecular complexity index is 335. The molecule has 2 unspecified atom stereocenters. The first kappa shape index (κ1) is 12.4. The number of terminal acetylenes is 1. The first-order chi connectivity index (χ1) is 7.49. The van der Waals surface area contributed by atoms with Gasteiger partial charge in [-0.2, -0.15) is 0 Å². The fraction of sp³-hybridized carbons (Fsp3) is 0.636. The first-order valence-electron chi connectivity index (χ1n) is 5.17. The Labute approximate surface area is 95.0 Å². The lowest BCUT2D eigenvalue weighted by Gasteiger charge is -2.27. The molecule has 1 saturated heterocycles. The second-order valence-corrected chi connectivity index (χ2v) is 4.09. The van der Waals surface area contributed by atoms with Crippen molar-refractivity contribution in [3.05, 3.63) is 0 Å². The Morgan fingerprint density at radius 1 is 1.62 bits per heavy atom. The van der Waals surface area contributed by atoms with Crippen molar-refractivity contribution in [1.29, 1.82) is 0 Å². The summed E-state index contributed by atoms with van der Waals surface area (Å²) in [4.78, 5) is 25.7. The van der Waals surface area contributed by atoms with Crippen molar-refractivity contribution in [3.63, 3.8) is 0 Å². The van der Waals surface area contributed by atoms with Gasteiger partial charge in [-0.15, -0.1) is 6.42 Å². The van der Waals surface area contributed by atoms with Gasteiger partial charge in [0.2, 0.25) is 0 Å². The Morgan fingerprint density at radius 3 is 2.75 bits per heavy atom. The minimum atomic E-state index is -0.951. The highest BCUT2D eigenvalue weighted by atomic mass is 16.4. The molecule has 2 atom stereocenters. The molecule has 16 heavy (non-hydrogen) atoms. The van der Waals surface area contributed by atoms with Crippen LogP contribution < -0.4 is 0 Å². The van der Waals surface area contributed by atoms with Crippen molar-refractivity contribution in [3.8, 4) is 12.3 Å². The number of nitrogens with zero attached hydrogens (tertiary/aromatic N) is 2. The van der Waals surface area contributed by atoms with Crippen LogP contribution in [-0.4, -0.2) is 53.1 Å². The number of carbonyl (C=O) groups excluding carboxylic acids is 1. The van der Waals surface area contributed by atoms with E-state index in [1.165, 1.54) is 9.80 Å². The highest BCUT2D eigenvalue weighted by Crippen LogP contribution is 2.24. The molecule has 0 aromatic rings. The molecule has 1 rings (SSSR count). The number of hydrogen-bond acceptors (Lipinski definition) is 2. The maximum atomic E-state index is 11.9. The van der Waals surface area contributed by atoms with Gasteiger partial charge in [0.1, 0.15) is 6.04 Å². The topological polar surface area (TPSA) is 60.9 Å². The van der Waals surface area contributed by atoms with E-state index >= 15 is 0 Å². The predicted octanol–water partition coefficient (Wildman–Crippen LogP) is 0.466. The number of aliphatic carboxylic acids is 1. The maximum Gasteiger partial charge on any atom is 0.326 e. The molecule has 0 saturated carbocycles. The van der Waals surface area contributed by atoms with E-state index in [9.17, 15) is 9.59 Å². The van der Waals surface area contributed by atoms with Crippen LogP contribution in [0, 0.1) is 18.3 Å². The van der Waals surface area contributed by atoms with Crippen molar-refractivity contribution in [1.82, 2.24) is 9.80 Å². The molecule has 1 aliphatic heterocycles. The van der Waals surface area contributed by atoms with E-state index < -0.39 is 12.0 Å². The lowest BCUT2D eigenvalue weighted by Crippen LogP contribution is -2.48. The number of carbonyl (C=O) groups is 2. The summed E-state index contributed by atoms with van der Waals surface area (Å²) in [5, 5.41) is 9.06. The summed E-state index contributed by atoms with van der Waals surface area (Å²) in [7, 11) is 1.57. The molecule has 1 aliphatic rings. The van der Waals surface area contributed by atoms with E-state index in [1.54, 1.807) is 7.05 Å². The normalized spacial score (nSPS) is 23.9. The molecule has 5 heteroatoms. The zero-order valence-electron chi connectivity index (χ0n) is 9.51. The molecule has 2 amide bonds. The van der Waals surface area contributed by atoms with Crippen LogP contribution >= 0.6 is 0 Å². The summed E-state index contributed by atoms with van der Waals surface area (Å²) in [5.41, 5.74) is 0. The lowest BCUT2D eigenvalue weighted by molar-refractivity contribution is -0.142. The summed E-state index contributed by atoms with van der Waals surface area (Å²) in [5.74, 6) is 1.39. The van der Waals surface area contributed by atoms with Gasteiger partial charge < -0.3 is 14.9 Å². The average molecular weight is 224 g/mol. The molecular formula is C11H16N2O3. The molecule has 0 aromatic heterocycles. The molecule has 1 N–H and O–H groups in total. The number of urea groups is 1. The molecule has 5 nitrogen and oxygen atoms in total. The first-order valence-corrected chi connectivity index (χ1v) is 5.17. The number of likely N-dealkylation sites (tertiary alicyclic amines) is 1. The van der Waals surface area contributed by atoms with Gasteiger partial charge in [0, 0.05) is 13.6 Å². The van der Waals surface area contributed by atoms with Crippen LogP contribution in [0.1, 0.15) is 13.3 Å². The van der Waals surface area contributed by atoms with Gasteiger partial charge in [0.05, 0.1) is 6.54 Å². The fourth-order valence-corrected chi connectivity index (χ4v) is 1.96. The van der Waals surface area contributed by atoms with E-state index in [2.05, 4.69) is 5.92 Å². The largest absolute Gasteiger partial charge is 0.480 e. The SMILES string of the molecule is C#CCN(C)C(=O)N1CCC(C)C1C(=O)O. The second kappa shape index (κ2) is 4.88. The minimum absolute atomic E-state index is 0.0133. The molecule has 1 fully saturated rings. The Kier molecular flexibility index (Phi) is 3.78. The van der Waals surface area contributed by atoms with E-state index in [4.69, 9.17) is 11.5 Å². The maximum absolute atomic E-state index is 11.9. The van der Waals surface area contributed by atoms with E-state index in [0.29, 0.717) is 13.0 Å². The Balaban J connectivity index is 2.76. The molecule has 0 spiro atoms. The summed E-state index contributed by atoms with van der Waals surface area (Å²) in [6.45, 7) is 2.51. The third kappa shape index (κ3) is 2.27. The van der Waals surface area contributed by atoms with Crippen LogP contribution in [0.2, 0.25) is 0 Å². The minimum Gasteiger partial charge on any atom is -0.480 e. The molecule has 0 aromatic carbocycles. The number of carboxylic acids is 1. The average Bonchev–Trinajstić information content (AvgIpc) is 2.59. The van der Waals surface area contributed by atoms with Crippen molar-refractivity contribution in [2.45, 2.75) is 19.4 Å². The van der Waals surface area contributed by atoms with Crippen molar-refractivity contribution >= 4 is 12.0 Å². The van der Waals surface area contributed by atoms with Crippen LogP contribution in [-0.2, 0) is 4.79 Å². The van der Waals surface area contributed by atoms with Crippen LogP contribution in [0.3, 0.4) is 0 Å². The Hall–Kier alpha value is -1.70. The van der Waals surface area contributed by atoms with Crippen LogP contribution in [0.15, 0.2) is 0 Å². The van der Waals surface area contributed by atoms with Gasteiger partial charge in [-0.25, -0.2) is 9.59 Å². The second-order valence-electron chi connectivity index (χ2n) is 4.09. The van der Waals surface area contributed by atoms with Crippen molar-refractivity contribution in [2.75, 3.05) is 20.1 Å². The number of carboxylic acid groups (broad SMARTS) is 1. The molecule has 0 bridgehead atoms. The van der Waals surface area contributed by atoms with Crippen molar-refractivity contribution in [2.24, 2.45) is 5.92 Å². The van der Waals surface area contributed by atoms with Crippen LogP contribution in [0.5, 0.6) is 0 Å². The smallest absolute Gasteiger partial charge is 0.326 e.